The highest BCUT2D eigenvalue weighted by atomic mass is 79.9. The van der Waals surface area contributed by atoms with Crippen molar-refractivity contribution < 1.29 is 9.84 Å². The summed E-state index contributed by atoms with van der Waals surface area (Å²) in [6.45, 7) is 6.50. The third-order valence-corrected chi connectivity index (χ3v) is 2.58. The maximum Gasteiger partial charge on any atom is 0.160 e. The number of nitrogens with one attached hydrogen (secondary N) is 1. The molecule has 1 rings (SSSR count). The van der Waals surface area contributed by atoms with Crippen molar-refractivity contribution >= 4 is 15.9 Å². The van der Waals surface area contributed by atoms with Crippen LogP contribution in [0.2, 0.25) is 0 Å². The van der Waals surface area contributed by atoms with Crippen LogP contribution in [0.1, 0.15) is 18.5 Å². The minimum atomic E-state index is 0.156. The molecule has 0 bridgehead atoms. The number of aromatic hydroxyl groups is 1. The van der Waals surface area contributed by atoms with E-state index < -0.39 is 0 Å². The predicted molar refractivity (Wildman–Crippen MR) is 69.1 cm³/mol. The quantitative estimate of drug-likeness (QED) is 0.874. The summed E-state index contributed by atoms with van der Waals surface area (Å²) in [6.07, 6.45) is 0. The number of benzene rings is 1. The first kappa shape index (κ1) is 13.1. The van der Waals surface area contributed by atoms with E-state index >= 15 is 0 Å². The van der Waals surface area contributed by atoms with Crippen molar-refractivity contribution in [1.29, 1.82) is 0 Å². The Morgan fingerprint density at radius 1 is 1.62 bits per heavy atom. The lowest BCUT2D eigenvalue weighted by Crippen LogP contribution is -2.19. The lowest BCUT2D eigenvalue weighted by molar-refractivity contribution is 0.372. The van der Waals surface area contributed by atoms with Crippen molar-refractivity contribution in [3.63, 3.8) is 0 Å². The molecule has 1 aromatic carbocycles. The minimum Gasteiger partial charge on any atom is -0.504 e. The van der Waals surface area contributed by atoms with Gasteiger partial charge in [-0.3, -0.25) is 0 Å². The number of phenolic OH excluding ortho intramolecular Hbond substituents is 1. The van der Waals surface area contributed by atoms with E-state index in [2.05, 4.69) is 27.8 Å². The van der Waals surface area contributed by atoms with E-state index in [0.717, 1.165) is 10.0 Å². The van der Waals surface area contributed by atoms with Crippen molar-refractivity contribution in [1.82, 2.24) is 5.32 Å². The molecule has 0 aliphatic rings. The van der Waals surface area contributed by atoms with Gasteiger partial charge in [0.1, 0.15) is 0 Å². The van der Waals surface area contributed by atoms with E-state index in [9.17, 15) is 5.11 Å². The van der Waals surface area contributed by atoms with E-state index in [1.807, 2.05) is 19.1 Å². The number of hydrogen-bond acceptors (Lipinski definition) is 3. The van der Waals surface area contributed by atoms with E-state index in [1.165, 1.54) is 7.11 Å². The summed E-state index contributed by atoms with van der Waals surface area (Å²) < 4.78 is 5.96. The van der Waals surface area contributed by atoms with Gasteiger partial charge in [0, 0.05) is 17.1 Å². The Hall–Kier alpha value is -1.00. The van der Waals surface area contributed by atoms with Crippen molar-refractivity contribution in [2.24, 2.45) is 0 Å². The number of hydrogen-bond donors (Lipinski definition) is 2. The molecule has 0 saturated heterocycles. The topological polar surface area (TPSA) is 41.5 Å². The Labute approximate surface area is 104 Å². The fourth-order valence-electron chi connectivity index (χ4n) is 1.35. The molecule has 3 nitrogen and oxygen atoms in total. The molecule has 0 radical (unpaired) electrons. The van der Waals surface area contributed by atoms with Crippen LogP contribution in [0.4, 0.5) is 0 Å². The molecular formula is C12H16BrNO2. The number of halogens is 1. The van der Waals surface area contributed by atoms with Crippen LogP contribution in [0.25, 0.3) is 0 Å². The third kappa shape index (κ3) is 3.54. The molecule has 0 saturated carbocycles. The Kier molecular flexibility index (Phi) is 4.83. The lowest BCUT2D eigenvalue weighted by atomic mass is 10.1. The third-order valence-electron chi connectivity index (χ3n) is 2.30. The normalized spacial score (nSPS) is 12.2. The summed E-state index contributed by atoms with van der Waals surface area (Å²) in [5.41, 5.74) is 1.06. The Morgan fingerprint density at radius 3 is 2.88 bits per heavy atom. The van der Waals surface area contributed by atoms with Crippen LogP contribution in [0.3, 0.4) is 0 Å². The second kappa shape index (κ2) is 5.92. The molecule has 0 aromatic heterocycles. The molecule has 0 spiro atoms. The van der Waals surface area contributed by atoms with Gasteiger partial charge in [0.05, 0.1) is 7.11 Å². The Morgan fingerprint density at radius 2 is 2.31 bits per heavy atom. The zero-order valence-electron chi connectivity index (χ0n) is 9.46. The van der Waals surface area contributed by atoms with E-state index in [0.29, 0.717) is 12.3 Å². The maximum atomic E-state index is 9.47. The minimum absolute atomic E-state index is 0.156. The number of rotatable bonds is 5. The van der Waals surface area contributed by atoms with Crippen LogP contribution >= 0.6 is 15.9 Å². The van der Waals surface area contributed by atoms with Crippen molar-refractivity contribution in [2.75, 3.05) is 13.7 Å². The Balaban J connectivity index is 2.75. The molecule has 2 N–H and O–H groups in total. The largest absolute Gasteiger partial charge is 0.504 e. The van der Waals surface area contributed by atoms with Crippen LogP contribution in [-0.4, -0.2) is 18.8 Å². The average molecular weight is 286 g/mol. The summed E-state index contributed by atoms with van der Waals surface area (Å²) >= 11 is 3.29. The number of phenols is 1. The van der Waals surface area contributed by atoms with Crippen molar-refractivity contribution in [3.8, 4) is 11.5 Å². The summed E-state index contributed by atoms with van der Waals surface area (Å²) in [7, 11) is 1.54. The van der Waals surface area contributed by atoms with Gasteiger partial charge in [-0.05, 0) is 24.6 Å². The highest BCUT2D eigenvalue weighted by Gasteiger charge is 2.08. The zero-order chi connectivity index (χ0) is 12.1. The van der Waals surface area contributed by atoms with Gasteiger partial charge >= 0.3 is 0 Å². The molecule has 0 amide bonds. The fourth-order valence-corrected chi connectivity index (χ4v) is 1.51. The molecule has 0 aliphatic carbocycles. The predicted octanol–water partition coefficient (Wildman–Crippen LogP) is 2.96. The first-order valence-electron chi connectivity index (χ1n) is 4.98. The first-order chi connectivity index (χ1) is 7.54. The van der Waals surface area contributed by atoms with Crippen LogP contribution in [0, 0.1) is 0 Å². The van der Waals surface area contributed by atoms with E-state index in [4.69, 9.17) is 4.74 Å². The van der Waals surface area contributed by atoms with Gasteiger partial charge in [-0.25, -0.2) is 0 Å². The van der Waals surface area contributed by atoms with Crippen molar-refractivity contribution in [2.45, 2.75) is 13.0 Å². The van der Waals surface area contributed by atoms with Gasteiger partial charge in [0.2, 0.25) is 0 Å². The van der Waals surface area contributed by atoms with Gasteiger partial charge in [0.25, 0.3) is 0 Å². The van der Waals surface area contributed by atoms with Crippen LogP contribution < -0.4 is 10.1 Å². The molecule has 1 aromatic rings. The summed E-state index contributed by atoms with van der Waals surface area (Å²) in [5.74, 6) is 0.646. The first-order valence-corrected chi connectivity index (χ1v) is 5.77. The second-order valence-electron chi connectivity index (χ2n) is 3.55. The summed E-state index contributed by atoms with van der Waals surface area (Å²) in [5, 5.41) is 12.8. The van der Waals surface area contributed by atoms with Crippen molar-refractivity contribution in [3.05, 3.63) is 34.8 Å². The zero-order valence-corrected chi connectivity index (χ0v) is 11.0. The molecule has 0 heterocycles. The van der Waals surface area contributed by atoms with Crippen LogP contribution in [0.15, 0.2) is 29.3 Å². The molecule has 1 unspecified atom stereocenters. The van der Waals surface area contributed by atoms with Gasteiger partial charge in [0.15, 0.2) is 11.5 Å². The second-order valence-corrected chi connectivity index (χ2v) is 4.67. The van der Waals surface area contributed by atoms with E-state index in [1.54, 1.807) is 6.07 Å². The molecular weight excluding hydrogens is 270 g/mol. The molecule has 1 atom stereocenters. The molecule has 0 fully saturated rings. The highest BCUT2D eigenvalue weighted by molar-refractivity contribution is 9.11. The maximum absolute atomic E-state index is 9.47. The lowest BCUT2D eigenvalue weighted by Gasteiger charge is -2.15. The molecule has 16 heavy (non-hydrogen) atoms. The average Bonchev–Trinajstić information content (AvgIpc) is 2.26. The monoisotopic (exact) mass is 285 g/mol. The van der Waals surface area contributed by atoms with Crippen LogP contribution in [0.5, 0.6) is 11.5 Å². The number of ether oxygens (including phenoxy) is 1. The van der Waals surface area contributed by atoms with Crippen LogP contribution in [-0.2, 0) is 0 Å². The Bertz CT molecular complexity index is 379. The molecule has 0 aliphatic heterocycles. The van der Waals surface area contributed by atoms with Gasteiger partial charge < -0.3 is 15.2 Å². The van der Waals surface area contributed by atoms with Gasteiger partial charge in [-0.1, -0.05) is 28.6 Å². The van der Waals surface area contributed by atoms with Gasteiger partial charge in [-0.2, -0.15) is 0 Å². The molecule has 4 heteroatoms. The summed E-state index contributed by atoms with van der Waals surface area (Å²) in [6, 6.07) is 5.50. The SMILES string of the molecule is C=C(Br)CNC(C)c1ccc(O)c(OC)c1. The van der Waals surface area contributed by atoms with E-state index in [-0.39, 0.29) is 11.8 Å². The van der Waals surface area contributed by atoms with Gasteiger partial charge in [-0.15, -0.1) is 0 Å². The fraction of sp³-hybridized carbons (Fsp3) is 0.333. The number of methoxy groups -OCH3 is 1. The summed E-state index contributed by atoms with van der Waals surface area (Å²) in [4.78, 5) is 0. The highest BCUT2D eigenvalue weighted by Crippen LogP contribution is 2.28. The standard InChI is InChI=1S/C12H16BrNO2/c1-8(13)7-14-9(2)10-4-5-11(15)12(6-10)16-3/h4-6,9,14-15H,1,7H2,2-3H3. The smallest absolute Gasteiger partial charge is 0.160 e. The molecule has 88 valence electrons.